The van der Waals surface area contributed by atoms with E-state index in [-0.39, 0.29) is 0 Å². The lowest BCUT2D eigenvalue weighted by Gasteiger charge is -2.00. The summed E-state index contributed by atoms with van der Waals surface area (Å²) in [5.74, 6) is 1.19. The van der Waals surface area contributed by atoms with Crippen molar-refractivity contribution in [3.63, 3.8) is 0 Å². The van der Waals surface area contributed by atoms with Gasteiger partial charge in [-0.15, -0.1) is 11.8 Å². The summed E-state index contributed by atoms with van der Waals surface area (Å²) in [7, 11) is 0. The van der Waals surface area contributed by atoms with Gasteiger partial charge in [-0.1, -0.05) is 19.9 Å². The first kappa shape index (κ1) is 11.3. The van der Waals surface area contributed by atoms with E-state index < -0.39 is 0 Å². The minimum atomic E-state index is 1.05. The molecular weight excluding hydrogens is 190 g/mol. The van der Waals surface area contributed by atoms with Gasteiger partial charge < -0.3 is 0 Å². The van der Waals surface area contributed by atoms with Gasteiger partial charge in [-0.25, -0.2) is 0 Å². The molecule has 0 amide bonds. The van der Waals surface area contributed by atoms with Crippen LogP contribution in [0.25, 0.3) is 6.08 Å². The van der Waals surface area contributed by atoms with Gasteiger partial charge in [-0.3, -0.25) is 4.98 Å². The highest BCUT2D eigenvalue weighted by atomic mass is 32.2. The van der Waals surface area contributed by atoms with Crippen molar-refractivity contribution in [1.29, 1.82) is 0 Å². The van der Waals surface area contributed by atoms with Crippen molar-refractivity contribution < 1.29 is 0 Å². The van der Waals surface area contributed by atoms with Crippen LogP contribution in [0.2, 0.25) is 0 Å². The van der Waals surface area contributed by atoms with Crippen LogP contribution in [-0.2, 0) is 6.42 Å². The number of aryl methyl sites for hydroxylation is 1. The first-order chi connectivity index (χ1) is 6.88. The molecular formula is C12H17NS. The summed E-state index contributed by atoms with van der Waals surface area (Å²) in [6, 6.07) is 4.13. The number of hydrogen-bond acceptors (Lipinski definition) is 2. The Bertz CT molecular complexity index is 294. The summed E-state index contributed by atoms with van der Waals surface area (Å²) in [6.07, 6.45) is 6.23. The lowest BCUT2D eigenvalue weighted by atomic mass is 10.1. The van der Waals surface area contributed by atoms with Crippen LogP contribution in [0.4, 0.5) is 0 Å². The number of rotatable bonds is 5. The van der Waals surface area contributed by atoms with Crippen LogP contribution in [0.5, 0.6) is 0 Å². The van der Waals surface area contributed by atoms with Crippen molar-refractivity contribution in [2.75, 3.05) is 5.75 Å². The third kappa shape index (κ3) is 3.54. The standard InChI is InChI=1S/C12H17NS/c1-3-9-14-10-7-12-11(4-2)6-5-8-13-12/h5-8,10H,3-4,9H2,1-2H3/b10-7+. The molecule has 0 radical (unpaired) electrons. The molecule has 0 fully saturated rings. The maximum atomic E-state index is 4.35. The first-order valence-corrected chi connectivity index (χ1v) is 6.15. The monoisotopic (exact) mass is 207 g/mol. The van der Waals surface area contributed by atoms with Gasteiger partial charge in [0.25, 0.3) is 0 Å². The Morgan fingerprint density at radius 1 is 1.43 bits per heavy atom. The van der Waals surface area contributed by atoms with Gasteiger partial charge in [0.1, 0.15) is 0 Å². The van der Waals surface area contributed by atoms with E-state index in [1.165, 1.54) is 17.7 Å². The number of aromatic nitrogens is 1. The Hall–Kier alpha value is -0.760. The molecule has 0 bridgehead atoms. The fourth-order valence-corrected chi connectivity index (χ4v) is 1.80. The molecule has 0 atom stereocenters. The second-order valence-corrected chi connectivity index (χ2v) is 4.09. The molecule has 2 heteroatoms. The Balaban J connectivity index is 2.61. The summed E-state index contributed by atoms with van der Waals surface area (Å²) in [5, 5.41) is 2.14. The molecule has 0 aromatic carbocycles. The van der Waals surface area contributed by atoms with Crippen molar-refractivity contribution in [3.05, 3.63) is 35.0 Å². The van der Waals surface area contributed by atoms with E-state index in [9.17, 15) is 0 Å². The maximum Gasteiger partial charge on any atom is 0.0666 e. The number of hydrogen-bond donors (Lipinski definition) is 0. The smallest absolute Gasteiger partial charge is 0.0666 e. The van der Waals surface area contributed by atoms with Crippen LogP contribution < -0.4 is 0 Å². The molecule has 0 spiro atoms. The molecule has 76 valence electrons. The first-order valence-electron chi connectivity index (χ1n) is 5.10. The van der Waals surface area contributed by atoms with Crippen molar-refractivity contribution in [1.82, 2.24) is 4.98 Å². The summed E-state index contributed by atoms with van der Waals surface area (Å²) in [5.41, 5.74) is 2.43. The molecule has 0 saturated carbocycles. The molecule has 1 heterocycles. The molecule has 1 nitrogen and oxygen atoms in total. The summed E-state index contributed by atoms with van der Waals surface area (Å²) >= 11 is 1.85. The molecule has 0 unspecified atom stereocenters. The van der Waals surface area contributed by atoms with E-state index in [0.29, 0.717) is 0 Å². The lowest BCUT2D eigenvalue weighted by Crippen LogP contribution is -1.88. The minimum Gasteiger partial charge on any atom is -0.257 e. The van der Waals surface area contributed by atoms with E-state index >= 15 is 0 Å². The van der Waals surface area contributed by atoms with Crippen LogP contribution in [-0.4, -0.2) is 10.7 Å². The van der Waals surface area contributed by atoms with Crippen molar-refractivity contribution in [2.24, 2.45) is 0 Å². The van der Waals surface area contributed by atoms with Crippen LogP contribution in [0, 0.1) is 0 Å². The quantitative estimate of drug-likeness (QED) is 0.682. The van der Waals surface area contributed by atoms with E-state index in [1.54, 1.807) is 0 Å². The second kappa shape index (κ2) is 6.66. The summed E-state index contributed by atoms with van der Waals surface area (Å²) in [6.45, 7) is 4.35. The van der Waals surface area contributed by atoms with E-state index in [1.807, 2.05) is 24.0 Å². The highest BCUT2D eigenvalue weighted by Gasteiger charge is 1.95. The van der Waals surface area contributed by atoms with Crippen molar-refractivity contribution >= 4 is 17.8 Å². The molecule has 1 aromatic rings. The molecule has 0 aliphatic rings. The van der Waals surface area contributed by atoms with Crippen molar-refractivity contribution in [3.8, 4) is 0 Å². The van der Waals surface area contributed by atoms with Crippen LogP contribution in [0.3, 0.4) is 0 Å². The zero-order chi connectivity index (χ0) is 10.2. The normalized spacial score (nSPS) is 11.0. The molecule has 0 aliphatic carbocycles. The number of nitrogens with zero attached hydrogens (tertiary/aromatic N) is 1. The average molecular weight is 207 g/mol. The van der Waals surface area contributed by atoms with Crippen LogP contribution >= 0.6 is 11.8 Å². The summed E-state index contributed by atoms with van der Waals surface area (Å²) < 4.78 is 0. The van der Waals surface area contributed by atoms with Gasteiger partial charge in [0, 0.05) is 6.20 Å². The van der Waals surface area contributed by atoms with Crippen LogP contribution in [0.15, 0.2) is 23.7 Å². The summed E-state index contributed by atoms with van der Waals surface area (Å²) in [4.78, 5) is 4.35. The SMILES string of the molecule is CCCS/C=C/c1ncccc1CC. The zero-order valence-electron chi connectivity index (χ0n) is 8.86. The maximum absolute atomic E-state index is 4.35. The van der Waals surface area contributed by atoms with Gasteiger partial charge in [0.2, 0.25) is 0 Å². The third-order valence-corrected chi connectivity index (χ3v) is 2.92. The number of pyridine rings is 1. The van der Waals surface area contributed by atoms with Gasteiger partial charge in [0.15, 0.2) is 0 Å². The fourth-order valence-electron chi connectivity index (χ4n) is 1.20. The highest BCUT2D eigenvalue weighted by molar-refractivity contribution is 8.02. The van der Waals surface area contributed by atoms with Crippen molar-refractivity contribution in [2.45, 2.75) is 26.7 Å². The van der Waals surface area contributed by atoms with Gasteiger partial charge in [-0.05, 0) is 41.7 Å². The Morgan fingerprint density at radius 2 is 2.29 bits per heavy atom. The van der Waals surface area contributed by atoms with E-state index in [4.69, 9.17) is 0 Å². The predicted molar refractivity (Wildman–Crippen MR) is 65.4 cm³/mol. The molecule has 0 aliphatic heterocycles. The number of thioether (sulfide) groups is 1. The molecule has 1 aromatic heterocycles. The van der Waals surface area contributed by atoms with E-state index in [2.05, 4.69) is 36.4 Å². The predicted octanol–water partition coefficient (Wildman–Crippen LogP) is 3.76. The average Bonchev–Trinajstić information content (AvgIpc) is 2.25. The third-order valence-electron chi connectivity index (χ3n) is 1.95. The topological polar surface area (TPSA) is 12.9 Å². The Kier molecular flexibility index (Phi) is 5.38. The molecule has 14 heavy (non-hydrogen) atoms. The molecule has 0 N–H and O–H groups in total. The van der Waals surface area contributed by atoms with Gasteiger partial charge >= 0.3 is 0 Å². The zero-order valence-corrected chi connectivity index (χ0v) is 9.68. The lowest BCUT2D eigenvalue weighted by molar-refractivity contribution is 1.09. The second-order valence-electron chi connectivity index (χ2n) is 3.07. The Labute approximate surface area is 90.6 Å². The molecule has 0 saturated heterocycles. The Morgan fingerprint density at radius 3 is 3.00 bits per heavy atom. The van der Waals surface area contributed by atoms with Gasteiger partial charge in [-0.2, -0.15) is 0 Å². The largest absolute Gasteiger partial charge is 0.257 e. The fraction of sp³-hybridized carbons (Fsp3) is 0.417. The van der Waals surface area contributed by atoms with Crippen LogP contribution in [0.1, 0.15) is 31.5 Å². The minimum absolute atomic E-state index is 1.05. The van der Waals surface area contributed by atoms with Gasteiger partial charge in [0.05, 0.1) is 5.69 Å². The molecule has 1 rings (SSSR count). The highest BCUT2D eigenvalue weighted by Crippen LogP contribution is 2.11. The van der Waals surface area contributed by atoms with E-state index in [0.717, 1.165) is 12.1 Å².